The van der Waals surface area contributed by atoms with Gasteiger partial charge in [-0.15, -0.1) is 13.2 Å². The van der Waals surface area contributed by atoms with Crippen molar-refractivity contribution in [3.63, 3.8) is 0 Å². The van der Waals surface area contributed by atoms with Crippen molar-refractivity contribution in [3.05, 3.63) is 85.0 Å². The first-order valence-corrected chi connectivity index (χ1v) is 11.8. The second-order valence-electron chi connectivity index (χ2n) is 8.95. The van der Waals surface area contributed by atoms with E-state index in [2.05, 4.69) is 13.2 Å². The lowest BCUT2D eigenvalue weighted by atomic mass is 9.75. The molecule has 0 aliphatic heterocycles. The number of allylic oxidation sites excluding steroid dienone is 2. The molecule has 0 amide bonds. The number of hydrogen-bond donors (Lipinski definition) is 0. The van der Waals surface area contributed by atoms with E-state index in [4.69, 9.17) is 9.47 Å². The molecule has 34 heavy (non-hydrogen) atoms. The standard InChI is InChI=1S/C30H38O4/c1-7-23(29(19-21(3)31)25-11-15-27(33-5)16-12-25)9-10-24(8-2)30(20-22(4)32)26-13-17-28(34-6)18-14-26/h7-8,11-18,23-24,29-30H,1-2,9-10,19-20H2,3-6H3/t23-,24+,29-,30+. The Balaban J connectivity index is 2.25. The van der Waals surface area contributed by atoms with E-state index in [1.54, 1.807) is 28.1 Å². The van der Waals surface area contributed by atoms with Gasteiger partial charge in [0.1, 0.15) is 23.1 Å². The Hall–Kier alpha value is -3.14. The lowest BCUT2D eigenvalue weighted by Gasteiger charge is -2.29. The quantitative estimate of drug-likeness (QED) is 0.270. The van der Waals surface area contributed by atoms with Crippen LogP contribution in [0.4, 0.5) is 0 Å². The lowest BCUT2D eigenvalue weighted by molar-refractivity contribution is -0.118. The molecule has 0 fully saturated rings. The maximum atomic E-state index is 12.1. The topological polar surface area (TPSA) is 52.6 Å². The van der Waals surface area contributed by atoms with Crippen molar-refractivity contribution in [2.75, 3.05) is 14.2 Å². The molecule has 0 aromatic heterocycles. The number of carbonyl (C=O) groups excluding carboxylic acids is 2. The van der Waals surface area contributed by atoms with Crippen LogP contribution in [0.1, 0.15) is 62.5 Å². The third-order valence-electron chi connectivity index (χ3n) is 6.58. The van der Waals surface area contributed by atoms with Crippen LogP contribution in [-0.2, 0) is 9.59 Å². The average molecular weight is 463 g/mol. The van der Waals surface area contributed by atoms with Crippen LogP contribution in [0.15, 0.2) is 73.8 Å². The first-order valence-electron chi connectivity index (χ1n) is 11.8. The summed E-state index contributed by atoms with van der Waals surface area (Å²) in [5.41, 5.74) is 2.21. The fraction of sp³-hybridized carbons (Fsp3) is 0.400. The highest BCUT2D eigenvalue weighted by atomic mass is 16.5. The van der Waals surface area contributed by atoms with Crippen molar-refractivity contribution in [2.45, 2.75) is 51.4 Å². The van der Waals surface area contributed by atoms with Crippen molar-refractivity contribution in [1.29, 1.82) is 0 Å². The van der Waals surface area contributed by atoms with E-state index < -0.39 is 0 Å². The SMILES string of the molecule is C=C[C@H](CC[C@H](C=C)[C@H](CC(C)=O)c1ccc(OC)cc1)[C@@H](CC(C)=O)c1ccc(OC)cc1. The smallest absolute Gasteiger partial charge is 0.130 e. The molecule has 0 saturated carbocycles. The Morgan fingerprint density at radius 3 is 1.26 bits per heavy atom. The molecule has 4 heteroatoms. The number of hydrogen-bond acceptors (Lipinski definition) is 4. The molecule has 0 spiro atoms. The minimum absolute atomic E-state index is 0.0404. The maximum Gasteiger partial charge on any atom is 0.130 e. The van der Waals surface area contributed by atoms with E-state index in [0.29, 0.717) is 12.8 Å². The minimum atomic E-state index is 0.0404. The molecule has 4 atom stereocenters. The molecule has 0 N–H and O–H groups in total. The number of carbonyl (C=O) groups is 2. The molecule has 0 aliphatic carbocycles. The monoisotopic (exact) mass is 462 g/mol. The summed E-state index contributed by atoms with van der Waals surface area (Å²) in [5.74, 6) is 2.21. The third-order valence-corrected chi connectivity index (χ3v) is 6.58. The molecule has 0 aliphatic rings. The molecule has 182 valence electrons. The number of ketones is 2. The van der Waals surface area contributed by atoms with E-state index in [9.17, 15) is 9.59 Å². The van der Waals surface area contributed by atoms with Gasteiger partial charge in [0.15, 0.2) is 0 Å². The molecule has 0 bridgehead atoms. The summed E-state index contributed by atoms with van der Waals surface area (Å²) >= 11 is 0. The van der Waals surface area contributed by atoms with Gasteiger partial charge in [0.2, 0.25) is 0 Å². The van der Waals surface area contributed by atoms with Crippen LogP contribution >= 0.6 is 0 Å². The zero-order chi connectivity index (χ0) is 25.1. The summed E-state index contributed by atoms with van der Waals surface area (Å²) in [7, 11) is 3.29. The molecule has 2 aromatic carbocycles. The van der Waals surface area contributed by atoms with Crippen LogP contribution in [-0.4, -0.2) is 25.8 Å². The van der Waals surface area contributed by atoms with Gasteiger partial charge in [-0.25, -0.2) is 0 Å². The number of ether oxygens (including phenoxy) is 2. The zero-order valence-corrected chi connectivity index (χ0v) is 21.0. The largest absolute Gasteiger partial charge is 0.497 e. The van der Waals surface area contributed by atoms with Crippen LogP contribution in [0.5, 0.6) is 11.5 Å². The van der Waals surface area contributed by atoms with Gasteiger partial charge < -0.3 is 19.1 Å². The van der Waals surface area contributed by atoms with Crippen LogP contribution in [0.2, 0.25) is 0 Å². The van der Waals surface area contributed by atoms with E-state index in [-0.39, 0.29) is 35.2 Å². The molecular weight excluding hydrogens is 424 g/mol. The Morgan fingerprint density at radius 1 is 0.706 bits per heavy atom. The molecule has 0 radical (unpaired) electrons. The first kappa shape index (κ1) is 27.1. The normalized spacial score (nSPS) is 14.4. The van der Waals surface area contributed by atoms with E-state index in [1.807, 2.05) is 60.7 Å². The fourth-order valence-corrected chi connectivity index (χ4v) is 4.71. The van der Waals surface area contributed by atoms with E-state index in [1.165, 1.54) is 0 Å². The highest BCUT2D eigenvalue weighted by molar-refractivity contribution is 5.77. The second-order valence-corrected chi connectivity index (χ2v) is 8.95. The molecular formula is C30H38O4. The Labute approximate surface area is 204 Å². The molecule has 4 nitrogen and oxygen atoms in total. The highest BCUT2D eigenvalue weighted by Crippen LogP contribution is 2.38. The van der Waals surface area contributed by atoms with Crippen molar-refractivity contribution >= 4 is 11.6 Å². The number of methoxy groups -OCH3 is 2. The van der Waals surface area contributed by atoms with Crippen LogP contribution in [0, 0.1) is 11.8 Å². The van der Waals surface area contributed by atoms with Gasteiger partial charge in [-0.2, -0.15) is 0 Å². The number of rotatable bonds is 15. The van der Waals surface area contributed by atoms with Gasteiger partial charge in [-0.3, -0.25) is 0 Å². The van der Waals surface area contributed by atoms with Crippen molar-refractivity contribution in [1.82, 2.24) is 0 Å². The predicted octanol–water partition coefficient (Wildman–Crippen LogP) is 6.91. The summed E-state index contributed by atoms with van der Waals surface area (Å²) in [6.07, 6.45) is 6.52. The van der Waals surface area contributed by atoms with Gasteiger partial charge in [0.25, 0.3) is 0 Å². The van der Waals surface area contributed by atoms with Gasteiger partial charge >= 0.3 is 0 Å². The summed E-state index contributed by atoms with van der Waals surface area (Å²) < 4.78 is 10.6. The van der Waals surface area contributed by atoms with Crippen molar-refractivity contribution in [2.24, 2.45) is 11.8 Å². The van der Waals surface area contributed by atoms with Gasteiger partial charge in [-0.1, -0.05) is 36.4 Å². The van der Waals surface area contributed by atoms with E-state index >= 15 is 0 Å². The van der Waals surface area contributed by atoms with E-state index in [0.717, 1.165) is 35.5 Å². The van der Waals surface area contributed by atoms with Gasteiger partial charge in [0, 0.05) is 12.8 Å². The lowest BCUT2D eigenvalue weighted by Crippen LogP contribution is -2.19. The second kappa shape index (κ2) is 13.5. The molecule has 0 saturated heterocycles. The fourth-order valence-electron chi connectivity index (χ4n) is 4.71. The predicted molar refractivity (Wildman–Crippen MR) is 139 cm³/mol. The summed E-state index contributed by atoms with van der Waals surface area (Å²) in [4.78, 5) is 24.2. The minimum Gasteiger partial charge on any atom is -0.497 e. The molecule has 0 unspecified atom stereocenters. The Bertz CT molecular complexity index is 863. The molecule has 2 rings (SSSR count). The Morgan fingerprint density at radius 2 is 1.03 bits per heavy atom. The molecule has 0 heterocycles. The summed E-state index contributed by atoms with van der Waals surface area (Å²) in [6, 6.07) is 15.9. The van der Waals surface area contributed by atoms with Crippen molar-refractivity contribution in [3.8, 4) is 11.5 Å². The van der Waals surface area contributed by atoms with Gasteiger partial charge in [0.05, 0.1) is 14.2 Å². The first-order chi connectivity index (χ1) is 16.3. The average Bonchev–Trinajstić information content (AvgIpc) is 2.84. The summed E-state index contributed by atoms with van der Waals surface area (Å²) in [5, 5.41) is 0. The number of benzene rings is 2. The Kier molecular flexibility index (Phi) is 10.8. The zero-order valence-electron chi connectivity index (χ0n) is 21.0. The molecule has 2 aromatic rings. The van der Waals surface area contributed by atoms with Gasteiger partial charge in [-0.05, 0) is 85.8 Å². The number of Topliss-reactive ketones (excluding diaryl/α,β-unsaturated/α-hetero) is 2. The van der Waals surface area contributed by atoms with Crippen LogP contribution in [0.3, 0.4) is 0 Å². The highest BCUT2D eigenvalue weighted by Gasteiger charge is 2.27. The third kappa shape index (κ3) is 7.72. The van der Waals surface area contributed by atoms with Crippen molar-refractivity contribution < 1.29 is 19.1 Å². The maximum absolute atomic E-state index is 12.1. The summed E-state index contributed by atoms with van der Waals surface area (Å²) in [6.45, 7) is 11.5. The van der Waals surface area contributed by atoms with Crippen LogP contribution in [0.25, 0.3) is 0 Å². The van der Waals surface area contributed by atoms with Crippen LogP contribution < -0.4 is 9.47 Å².